The molecule has 1 aromatic carbocycles. The first-order chi connectivity index (χ1) is 10.3. The number of hydrogen-bond acceptors (Lipinski definition) is 5. The average molecular weight is 286 g/mol. The lowest BCUT2D eigenvalue weighted by Crippen LogP contribution is -2.23. The van der Waals surface area contributed by atoms with Crippen LogP contribution in [-0.4, -0.2) is 36.3 Å². The fourth-order valence-corrected chi connectivity index (χ4v) is 2.93. The molecule has 2 unspecified atom stereocenters. The molecule has 1 aliphatic rings. The van der Waals surface area contributed by atoms with Crippen molar-refractivity contribution < 1.29 is 4.74 Å². The molecule has 2 aromatic rings. The smallest absolute Gasteiger partial charge is 0.224 e. The maximum Gasteiger partial charge on any atom is 0.224 e. The molecule has 3 rings (SSSR count). The predicted molar refractivity (Wildman–Crippen MR) is 85.7 cm³/mol. The highest BCUT2D eigenvalue weighted by molar-refractivity contribution is 5.89. The Morgan fingerprint density at radius 1 is 1.29 bits per heavy atom. The Morgan fingerprint density at radius 2 is 2.14 bits per heavy atom. The first-order valence-corrected chi connectivity index (χ1v) is 7.61. The van der Waals surface area contributed by atoms with E-state index in [0.717, 1.165) is 42.7 Å². The minimum atomic E-state index is 0.370. The Labute approximate surface area is 125 Å². The number of fused-ring (bicyclic) bond motifs is 1. The number of ether oxygens (including phenoxy) is 1. The van der Waals surface area contributed by atoms with Crippen LogP contribution in [0.15, 0.2) is 24.3 Å². The van der Waals surface area contributed by atoms with E-state index in [0.29, 0.717) is 18.0 Å². The molecule has 1 fully saturated rings. The van der Waals surface area contributed by atoms with Gasteiger partial charge >= 0.3 is 0 Å². The Hall–Kier alpha value is -1.88. The summed E-state index contributed by atoms with van der Waals surface area (Å²) >= 11 is 0. The van der Waals surface area contributed by atoms with E-state index in [4.69, 9.17) is 4.74 Å². The molecule has 112 valence electrons. The monoisotopic (exact) mass is 286 g/mol. The number of benzene rings is 1. The molecule has 21 heavy (non-hydrogen) atoms. The number of aromatic nitrogens is 2. The quantitative estimate of drug-likeness (QED) is 0.885. The summed E-state index contributed by atoms with van der Waals surface area (Å²) in [6.07, 6.45) is 2.56. The Bertz CT molecular complexity index is 616. The maximum atomic E-state index is 5.75. The van der Waals surface area contributed by atoms with Gasteiger partial charge in [0.25, 0.3) is 0 Å². The van der Waals surface area contributed by atoms with Crippen LogP contribution in [0.2, 0.25) is 0 Å². The first-order valence-electron chi connectivity index (χ1n) is 7.61. The molecular formula is C16H22N4O. The van der Waals surface area contributed by atoms with Crippen LogP contribution in [0.4, 0.5) is 11.8 Å². The van der Waals surface area contributed by atoms with Crippen molar-refractivity contribution in [1.82, 2.24) is 9.97 Å². The highest BCUT2D eigenvalue weighted by Gasteiger charge is 2.26. The summed E-state index contributed by atoms with van der Waals surface area (Å²) in [7, 11) is 1.84. The number of anilines is 2. The summed E-state index contributed by atoms with van der Waals surface area (Å²) in [5.41, 5.74) is 0.953. The van der Waals surface area contributed by atoms with Gasteiger partial charge in [-0.15, -0.1) is 0 Å². The second-order valence-corrected chi connectivity index (χ2v) is 5.41. The van der Waals surface area contributed by atoms with Crippen LogP contribution in [0.3, 0.4) is 0 Å². The lowest BCUT2D eigenvalue weighted by Gasteiger charge is -2.18. The van der Waals surface area contributed by atoms with Gasteiger partial charge in [0.05, 0.1) is 11.6 Å². The van der Waals surface area contributed by atoms with Crippen LogP contribution in [0.25, 0.3) is 10.9 Å². The molecule has 0 amide bonds. The van der Waals surface area contributed by atoms with E-state index in [1.165, 1.54) is 0 Å². The fourth-order valence-electron chi connectivity index (χ4n) is 2.93. The molecule has 0 radical (unpaired) electrons. The van der Waals surface area contributed by atoms with Crippen LogP contribution in [-0.2, 0) is 4.74 Å². The predicted octanol–water partition coefficient (Wildman–Crippen LogP) is 2.90. The summed E-state index contributed by atoms with van der Waals surface area (Å²) in [6.45, 7) is 3.95. The topological polar surface area (TPSA) is 59.1 Å². The summed E-state index contributed by atoms with van der Waals surface area (Å²) in [6, 6.07) is 8.08. The summed E-state index contributed by atoms with van der Waals surface area (Å²) in [4.78, 5) is 9.04. The third-order valence-corrected chi connectivity index (χ3v) is 4.11. The zero-order valence-corrected chi connectivity index (χ0v) is 12.6. The third kappa shape index (κ3) is 2.93. The second-order valence-electron chi connectivity index (χ2n) is 5.41. The molecule has 5 nitrogen and oxygen atoms in total. The van der Waals surface area contributed by atoms with Gasteiger partial charge in [0, 0.05) is 31.5 Å². The molecule has 5 heteroatoms. The zero-order valence-electron chi connectivity index (χ0n) is 12.6. The minimum absolute atomic E-state index is 0.370. The number of nitrogens with one attached hydrogen (secondary N) is 2. The van der Waals surface area contributed by atoms with Gasteiger partial charge in [-0.25, -0.2) is 4.98 Å². The van der Waals surface area contributed by atoms with Crippen LogP contribution in [0.5, 0.6) is 0 Å². The molecule has 0 bridgehead atoms. The molecule has 0 aliphatic carbocycles. The molecule has 1 saturated heterocycles. The lowest BCUT2D eigenvalue weighted by molar-refractivity contribution is 0.0900. The van der Waals surface area contributed by atoms with E-state index < -0.39 is 0 Å². The number of hydrogen-bond donors (Lipinski definition) is 2. The highest BCUT2D eigenvalue weighted by atomic mass is 16.5. The van der Waals surface area contributed by atoms with E-state index in [9.17, 15) is 0 Å². The van der Waals surface area contributed by atoms with Gasteiger partial charge in [-0.2, -0.15) is 4.98 Å². The van der Waals surface area contributed by atoms with Crippen LogP contribution in [0, 0.1) is 5.92 Å². The van der Waals surface area contributed by atoms with Crippen molar-refractivity contribution in [2.24, 2.45) is 5.92 Å². The zero-order chi connectivity index (χ0) is 14.7. The summed E-state index contributed by atoms with van der Waals surface area (Å²) in [5.74, 6) is 2.10. The van der Waals surface area contributed by atoms with Crippen molar-refractivity contribution in [3.8, 4) is 0 Å². The Morgan fingerprint density at radius 3 is 2.95 bits per heavy atom. The normalized spacial score (nSPS) is 21.6. The molecule has 0 saturated carbocycles. The van der Waals surface area contributed by atoms with Crippen LogP contribution >= 0.6 is 0 Å². The maximum absolute atomic E-state index is 5.75. The third-order valence-electron chi connectivity index (χ3n) is 4.11. The van der Waals surface area contributed by atoms with Crippen LogP contribution < -0.4 is 10.6 Å². The summed E-state index contributed by atoms with van der Waals surface area (Å²) < 4.78 is 5.75. The van der Waals surface area contributed by atoms with Gasteiger partial charge in [-0.05, 0) is 25.0 Å². The standard InChI is InChI=1S/C16H22N4O/c1-3-14-11(8-9-21-14)10-18-15-12-6-4-5-7-13(12)19-16(17-2)20-15/h4-7,11,14H,3,8-10H2,1-2H3,(H2,17,18,19,20). The number of nitrogens with zero attached hydrogens (tertiary/aromatic N) is 2. The minimum Gasteiger partial charge on any atom is -0.378 e. The first kappa shape index (κ1) is 14.1. The van der Waals surface area contributed by atoms with E-state index in [-0.39, 0.29) is 0 Å². The number of rotatable bonds is 5. The fraction of sp³-hybridized carbons (Fsp3) is 0.500. The van der Waals surface area contributed by atoms with Crippen molar-refractivity contribution in [2.45, 2.75) is 25.9 Å². The van der Waals surface area contributed by atoms with Crippen molar-refractivity contribution in [3.63, 3.8) is 0 Å². The van der Waals surface area contributed by atoms with Gasteiger partial charge in [0.2, 0.25) is 5.95 Å². The SMILES string of the molecule is CCC1OCCC1CNc1nc(NC)nc2ccccc12. The van der Waals surface area contributed by atoms with E-state index in [1.807, 2.05) is 25.2 Å². The summed E-state index contributed by atoms with van der Waals surface area (Å²) in [5, 5.41) is 7.58. The second kappa shape index (κ2) is 6.26. The Kier molecular flexibility index (Phi) is 4.20. The molecule has 1 aliphatic heterocycles. The average Bonchev–Trinajstić information content (AvgIpc) is 2.99. The number of para-hydroxylation sites is 1. The van der Waals surface area contributed by atoms with E-state index >= 15 is 0 Å². The van der Waals surface area contributed by atoms with Gasteiger partial charge < -0.3 is 15.4 Å². The molecule has 2 N–H and O–H groups in total. The van der Waals surface area contributed by atoms with Crippen molar-refractivity contribution >= 4 is 22.7 Å². The molecule has 2 heterocycles. The van der Waals surface area contributed by atoms with E-state index in [2.05, 4.69) is 33.6 Å². The van der Waals surface area contributed by atoms with Crippen molar-refractivity contribution in [1.29, 1.82) is 0 Å². The van der Waals surface area contributed by atoms with Gasteiger partial charge in [0.15, 0.2) is 0 Å². The van der Waals surface area contributed by atoms with Gasteiger partial charge in [-0.1, -0.05) is 19.1 Å². The Balaban J connectivity index is 1.82. The molecule has 0 spiro atoms. The van der Waals surface area contributed by atoms with Crippen molar-refractivity contribution in [2.75, 3.05) is 30.8 Å². The lowest BCUT2D eigenvalue weighted by atomic mass is 10.00. The largest absolute Gasteiger partial charge is 0.378 e. The molecular weight excluding hydrogens is 264 g/mol. The van der Waals surface area contributed by atoms with Gasteiger partial charge in [0.1, 0.15) is 5.82 Å². The molecule has 2 atom stereocenters. The van der Waals surface area contributed by atoms with Gasteiger partial charge in [-0.3, -0.25) is 0 Å². The van der Waals surface area contributed by atoms with Crippen molar-refractivity contribution in [3.05, 3.63) is 24.3 Å². The van der Waals surface area contributed by atoms with E-state index in [1.54, 1.807) is 0 Å². The van der Waals surface area contributed by atoms with Crippen LogP contribution in [0.1, 0.15) is 19.8 Å². The molecule has 1 aromatic heterocycles. The highest BCUT2D eigenvalue weighted by Crippen LogP contribution is 2.26.